The first-order valence-electron chi connectivity index (χ1n) is 4.23. The Hall–Kier alpha value is -0.280. The Kier molecular flexibility index (Phi) is 7.20. The van der Waals surface area contributed by atoms with Gasteiger partial charge in [-0.15, -0.1) is 0 Å². The Morgan fingerprint density at radius 3 is 2.67 bits per heavy atom. The van der Waals surface area contributed by atoms with E-state index < -0.39 is 0 Å². The first-order valence-corrected chi connectivity index (χ1v) is 5.38. The van der Waals surface area contributed by atoms with E-state index in [1.165, 1.54) is 12.0 Å². The predicted octanol–water partition coefficient (Wildman–Crippen LogP) is 2.59. The fraction of sp³-hybridized carbons (Fsp3) is 0.667. The lowest BCUT2D eigenvalue weighted by Gasteiger charge is -2.13. The third-order valence-corrected chi connectivity index (χ3v) is 1.83. The van der Waals surface area contributed by atoms with Crippen LogP contribution in [0, 0.1) is 0 Å². The van der Waals surface area contributed by atoms with Crippen LogP contribution in [-0.4, -0.2) is 18.1 Å². The Balaban J connectivity index is 0.000000561. The van der Waals surface area contributed by atoms with Gasteiger partial charge in [0.25, 0.3) is 0 Å². The van der Waals surface area contributed by atoms with Gasteiger partial charge >= 0.3 is 0 Å². The van der Waals surface area contributed by atoms with Crippen molar-refractivity contribution in [3.63, 3.8) is 0 Å². The van der Waals surface area contributed by atoms with Crippen molar-refractivity contribution in [3.05, 3.63) is 12.2 Å². The normalized spacial score (nSPS) is 21.6. The summed E-state index contributed by atoms with van der Waals surface area (Å²) in [5.41, 5.74) is 0. The minimum Gasteiger partial charge on any atom is -0.308 e. The smallest absolute Gasteiger partial charge is 0.155 e. The number of hydrogen-bond donors (Lipinski definition) is 0. The molecule has 0 spiro atoms. The van der Waals surface area contributed by atoms with Gasteiger partial charge in [0.05, 0.1) is 6.10 Å². The van der Waals surface area contributed by atoms with Crippen molar-refractivity contribution in [1.82, 2.24) is 0 Å². The summed E-state index contributed by atoms with van der Waals surface area (Å²) in [6, 6.07) is 0. The van der Waals surface area contributed by atoms with Crippen LogP contribution in [0.15, 0.2) is 12.2 Å². The fourth-order valence-corrected chi connectivity index (χ4v) is 1.29. The lowest BCUT2D eigenvalue weighted by Crippen LogP contribution is -2.13. The molecule has 0 fully saturated rings. The average molecular weight is 188 g/mol. The van der Waals surface area contributed by atoms with E-state index in [2.05, 4.69) is 0 Å². The maximum Gasteiger partial charge on any atom is 0.155 e. The molecular formula is C9H16O2S. The number of ketones is 1. The summed E-state index contributed by atoms with van der Waals surface area (Å²) >= 11 is 1.35. The van der Waals surface area contributed by atoms with E-state index in [0.29, 0.717) is 6.42 Å². The number of rotatable bonds is 2. The summed E-state index contributed by atoms with van der Waals surface area (Å²) in [5.74, 6) is 0.209. The Morgan fingerprint density at radius 2 is 2.25 bits per heavy atom. The fourth-order valence-electron chi connectivity index (χ4n) is 0.883. The zero-order valence-electron chi connectivity index (χ0n) is 7.87. The van der Waals surface area contributed by atoms with Crippen LogP contribution in [0.3, 0.4) is 0 Å². The second kappa shape index (κ2) is 7.37. The standard InChI is InChI=1S/C7H10O2S.C2H6/c1-10-9-7-4-2-6(8)3-5-7;1-2/h2,4,7H,3,5H2,1H3;1-2H3. The van der Waals surface area contributed by atoms with E-state index >= 15 is 0 Å². The lowest BCUT2D eigenvalue weighted by molar-refractivity contribution is -0.115. The van der Waals surface area contributed by atoms with Gasteiger partial charge in [-0.05, 0) is 24.5 Å². The van der Waals surface area contributed by atoms with Crippen molar-refractivity contribution >= 4 is 17.8 Å². The van der Waals surface area contributed by atoms with Crippen molar-refractivity contribution in [2.45, 2.75) is 32.8 Å². The highest BCUT2D eigenvalue weighted by atomic mass is 32.2. The molecule has 0 N–H and O–H groups in total. The van der Waals surface area contributed by atoms with Crippen LogP contribution in [0.4, 0.5) is 0 Å². The van der Waals surface area contributed by atoms with E-state index in [-0.39, 0.29) is 11.9 Å². The molecule has 0 radical (unpaired) electrons. The molecule has 0 saturated heterocycles. The van der Waals surface area contributed by atoms with Crippen molar-refractivity contribution in [1.29, 1.82) is 0 Å². The molecule has 0 aromatic rings. The zero-order valence-corrected chi connectivity index (χ0v) is 8.69. The number of carbonyl (C=O) groups excluding carboxylic acids is 1. The van der Waals surface area contributed by atoms with E-state index in [4.69, 9.17) is 4.18 Å². The van der Waals surface area contributed by atoms with Gasteiger partial charge in [-0.25, -0.2) is 0 Å². The van der Waals surface area contributed by atoms with Gasteiger partial charge in [0.15, 0.2) is 5.78 Å². The molecule has 1 aliphatic rings. The minimum atomic E-state index is 0.146. The number of carbonyl (C=O) groups is 1. The van der Waals surface area contributed by atoms with Gasteiger partial charge in [-0.2, -0.15) is 0 Å². The van der Waals surface area contributed by atoms with Gasteiger partial charge in [-0.1, -0.05) is 19.9 Å². The Bertz CT molecular complexity index is 155. The molecule has 0 aromatic heterocycles. The second-order valence-corrected chi connectivity index (χ2v) is 2.69. The highest BCUT2D eigenvalue weighted by Gasteiger charge is 2.12. The number of hydrogen-bond acceptors (Lipinski definition) is 3. The highest BCUT2D eigenvalue weighted by molar-refractivity contribution is 7.93. The van der Waals surface area contributed by atoms with Crippen molar-refractivity contribution < 1.29 is 8.98 Å². The maximum absolute atomic E-state index is 10.7. The van der Waals surface area contributed by atoms with Gasteiger partial charge in [0, 0.05) is 12.7 Å². The first kappa shape index (κ1) is 11.7. The van der Waals surface area contributed by atoms with Crippen molar-refractivity contribution in [2.24, 2.45) is 0 Å². The van der Waals surface area contributed by atoms with E-state index in [1.54, 1.807) is 6.08 Å². The van der Waals surface area contributed by atoms with Crippen molar-refractivity contribution in [2.75, 3.05) is 6.26 Å². The average Bonchev–Trinajstić information content (AvgIpc) is 2.13. The van der Waals surface area contributed by atoms with E-state index in [0.717, 1.165) is 6.42 Å². The molecule has 12 heavy (non-hydrogen) atoms. The quantitative estimate of drug-likeness (QED) is 0.623. The molecule has 0 amide bonds. The third-order valence-electron chi connectivity index (χ3n) is 1.39. The molecule has 1 aliphatic carbocycles. The summed E-state index contributed by atoms with van der Waals surface area (Å²) in [6.07, 6.45) is 6.90. The van der Waals surface area contributed by atoms with E-state index in [9.17, 15) is 4.79 Å². The summed E-state index contributed by atoms with van der Waals surface area (Å²) < 4.78 is 5.21. The largest absolute Gasteiger partial charge is 0.308 e. The lowest BCUT2D eigenvalue weighted by atomic mass is 10.0. The highest BCUT2D eigenvalue weighted by Crippen LogP contribution is 2.14. The van der Waals surface area contributed by atoms with Gasteiger partial charge in [0.2, 0.25) is 0 Å². The molecule has 0 heterocycles. The molecule has 1 rings (SSSR count). The zero-order chi connectivity index (χ0) is 9.40. The molecule has 0 aliphatic heterocycles. The summed E-state index contributed by atoms with van der Waals surface area (Å²) in [4.78, 5) is 10.7. The van der Waals surface area contributed by atoms with Gasteiger partial charge in [0.1, 0.15) is 0 Å². The van der Waals surface area contributed by atoms with E-state index in [1.807, 2.05) is 26.2 Å². The monoisotopic (exact) mass is 188 g/mol. The molecule has 1 unspecified atom stereocenters. The van der Waals surface area contributed by atoms with Crippen LogP contribution in [0.5, 0.6) is 0 Å². The Morgan fingerprint density at radius 1 is 1.58 bits per heavy atom. The topological polar surface area (TPSA) is 26.3 Å². The molecule has 70 valence electrons. The van der Waals surface area contributed by atoms with Crippen LogP contribution in [0.2, 0.25) is 0 Å². The Labute approximate surface area is 78.6 Å². The molecule has 0 aromatic carbocycles. The summed E-state index contributed by atoms with van der Waals surface area (Å²) in [6.45, 7) is 4.00. The van der Waals surface area contributed by atoms with Crippen LogP contribution >= 0.6 is 12.0 Å². The van der Waals surface area contributed by atoms with Crippen LogP contribution in [0.1, 0.15) is 26.7 Å². The van der Waals surface area contributed by atoms with Gasteiger partial charge < -0.3 is 4.18 Å². The predicted molar refractivity (Wildman–Crippen MR) is 53.1 cm³/mol. The molecular weight excluding hydrogens is 172 g/mol. The summed E-state index contributed by atoms with van der Waals surface area (Å²) in [5, 5.41) is 0. The van der Waals surface area contributed by atoms with Crippen LogP contribution in [0.25, 0.3) is 0 Å². The summed E-state index contributed by atoms with van der Waals surface area (Å²) in [7, 11) is 0. The molecule has 0 saturated carbocycles. The molecule has 3 heteroatoms. The van der Waals surface area contributed by atoms with Crippen LogP contribution in [-0.2, 0) is 8.98 Å². The maximum atomic E-state index is 10.7. The second-order valence-electron chi connectivity index (χ2n) is 2.17. The van der Waals surface area contributed by atoms with Gasteiger partial charge in [-0.3, -0.25) is 4.79 Å². The van der Waals surface area contributed by atoms with Crippen molar-refractivity contribution in [3.8, 4) is 0 Å². The third kappa shape index (κ3) is 4.57. The minimum absolute atomic E-state index is 0.146. The first-order chi connectivity index (χ1) is 5.83. The number of allylic oxidation sites excluding steroid dienone is 1. The molecule has 0 bridgehead atoms. The SMILES string of the molecule is CC.CSOC1C=CC(=O)CC1. The molecule has 1 atom stereocenters. The van der Waals surface area contributed by atoms with Crippen LogP contribution < -0.4 is 0 Å². The molecule has 2 nitrogen and oxygen atoms in total.